The molecule has 0 N–H and O–H groups in total. The summed E-state index contributed by atoms with van der Waals surface area (Å²) in [7, 11) is 0. The van der Waals surface area contributed by atoms with Gasteiger partial charge in [-0.1, -0.05) is 115 Å². The van der Waals surface area contributed by atoms with Gasteiger partial charge in [0, 0.05) is 38.1 Å². The van der Waals surface area contributed by atoms with E-state index in [0.29, 0.717) is 28.4 Å². The molecule has 7 aromatic carbocycles. The summed E-state index contributed by atoms with van der Waals surface area (Å²) in [4.78, 5) is 10.3. The molecule has 4 heterocycles. The van der Waals surface area contributed by atoms with Crippen LogP contribution in [-0.4, -0.2) is 14.5 Å². The number of fused-ring (bicyclic) bond motifs is 9. The van der Waals surface area contributed by atoms with Gasteiger partial charge in [-0.05, 0) is 42.5 Å². The smallest absolute Gasteiger partial charge is 0.164 e. The largest absolute Gasteiger partial charge is 0.456 e. The molecule has 0 radical (unpaired) electrons. The highest BCUT2D eigenvalue weighted by molar-refractivity contribution is 6.19. The van der Waals surface area contributed by atoms with Crippen LogP contribution in [0.2, 0.25) is 0 Å². The molecule has 11 rings (SSSR count). The molecule has 0 aliphatic rings. The second-order valence-corrected chi connectivity index (χ2v) is 13.2. The summed E-state index contributed by atoms with van der Waals surface area (Å²) >= 11 is 0. The van der Waals surface area contributed by atoms with E-state index in [2.05, 4.69) is 77.4 Å². The van der Waals surface area contributed by atoms with Crippen molar-refractivity contribution >= 4 is 65.7 Å². The number of aromatic nitrogens is 3. The van der Waals surface area contributed by atoms with Gasteiger partial charge in [-0.25, -0.2) is 9.97 Å². The number of hydrogen-bond acceptors (Lipinski definition) is 5. The highest BCUT2D eigenvalue weighted by atomic mass is 16.3. The van der Waals surface area contributed by atoms with Crippen LogP contribution in [0.3, 0.4) is 0 Å². The lowest BCUT2D eigenvalue weighted by Crippen LogP contribution is -2.02. The van der Waals surface area contributed by atoms with Crippen molar-refractivity contribution in [3.05, 3.63) is 163 Å². The minimum absolute atomic E-state index is 0.423. The SMILES string of the molecule is N#Cc1c(-c2ccccc2)nc(-c2ccc(-n3c4ccccc4c4cc5oc6ccccc6c5cc43)c3c2oc2ccccc23)nc1-c1ccccc1. The minimum atomic E-state index is 0.423. The first kappa shape index (κ1) is 29.3. The van der Waals surface area contributed by atoms with Crippen molar-refractivity contribution in [2.45, 2.75) is 0 Å². The van der Waals surface area contributed by atoms with Gasteiger partial charge in [-0.15, -0.1) is 0 Å². The molecule has 0 aliphatic carbocycles. The molecule has 0 aliphatic heterocycles. The Morgan fingerprint density at radius 1 is 0.491 bits per heavy atom. The van der Waals surface area contributed by atoms with Gasteiger partial charge in [0.05, 0.1) is 39.1 Å². The monoisotopic (exact) mass is 678 g/mol. The zero-order valence-electron chi connectivity index (χ0n) is 28.1. The quantitative estimate of drug-likeness (QED) is 0.185. The van der Waals surface area contributed by atoms with Gasteiger partial charge < -0.3 is 13.4 Å². The molecule has 11 aromatic rings. The van der Waals surface area contributed by atoms with E-state index < -0.39 is 0 Å². The Hall–Kier alpha value is -7.49. The highest BCUT2D eigenvalue weighted by Gasteiger charge is 2.25. The number of rotatable bonds is 4. The number of furan rings is 2. The average Bonchev–Trinajstić information content (AvgIpc) is 3.89. The third-order valence-corrected chi connectivity index (χ3v) is 10.3. The molecule has 6 heteroatoms. The maximum atomic E-state index is 10.5. The number of nitriles is 1. The standard InChI is InChI=1S/C47H26N4O2/c48-27-36-44(28-13-3-1-4-14-28)49-47(50-45(36)29-15-5-2-6-16-29)33-23-24-38(43-32-19-9-12-22-41(32)53-46(33)43)51-37-20-10-7-17-30(37)34-26-42-35(25-39(34)51)31-18-8-11-21-40(31)52-42/h1-26H. The normalized spacial score (nSPS) is 11.8. The molecule has 6 nitrogen and oxygen atoms in total. The van der Waals surface area contributed by atoms with Crippen LogP contribution in [0.25, 0.3) is 105 Å². The average molecular weight is 679 g/mol. The number of hydrogen-bond donors (Lipinski definition) is 0. The van der Waals surface area contributed by atoms with Crippen LogP contribution in [0.4, 0.5) is 0 Å². The molecule has 53 heavy (non-hydrogen) atoms. The summed E-state index contributed by atoms with van der Waals surface area (Å²) in [6.45, 7) is 0. The molecule has 0 fully saturated rings. The molecule has 0 amide bonds. The van der Waals surface area contributed by atoms with E-state index in [-0.39, 0.29) is 0 Å². The fraction of sp³-hybridized carbons (Fsp3) is 0. The zero-order chi connectivity index (χ0) is 35.0. The van der Waals surface area contributed by atoms with Crippen molar-refractivity contribution < 1.29 is 8.83 Å². The summed E-state index contributed by atoms with van der Waals surface area (Å²) in [5, 5.41) is 16.8. The van der Waals surface area contributed by atoms with Crippen molar-refractivity contribution in [2.24, 2.45) is 0 Å². The molecule has 246 valence electrons. The van der Waals surface area contributed by atoms with Crippen LogP contribution in [-0.2, 0) is 0 Å². The second-order valence-electron chi connectivity index (χ2n) is 13.2. The van der Waals surface area contributed by atoms with Gasteiger partial charge in [-0.2, -0.15) is 5.26 Å². The first-order chi connectivity index (χ1) is 26.2. The van der Waals surface area contributed by atoms with Gasteiger partial charge in [0.25, 0.3) is 0 Å². The van der Waals surface area contributed by atoms with Crippen LogP contribution in [0, 0.1) is 11.3 Å². The Labute approximate surface area is 302 Å². The fourth-order valence-corrected chi connectivity index (χ4v) is 7.92. The molecule has 0 saturated carbocycles. The van der Waals surface area contributed by atoms with Crippen molar-refractivity contribution in [3.8, 4) is 45.7 Å². The summed E-state index contributed by atoms with van der Waals surface area (Å²) in [5.41, 5.74) is 10.3. The van der Waals surface area contributed by atoms with Crippen LogP contribution in [0.1, 0.15) is 5.56 Å². The van der Waals surface area contributed by atoms with E-state index in [0.717, 1.165) is 82.5 Å². The summed E-state index contributed by atoms with van der Waals surface area (Å²) in [6, 6.07) is 55.5. The summed E-state index contributed by atoms with van der Waals surface area (Å²) in [6.07, 6.45) is 0. The van der Waals surface area contributed by atoms with Gasteiger partial charge in [-0.3, -0.25) is 0 Å². The van der Waals surface area contributed by atoms with Gasteiger partial charge >= 0.3 is 0 Å². The van der Waals surface area contributed by atoms with Gasteiger partial charge in [0.2, 0.25) is 0 Å². The maximum absolute atomic E-state index is 10.5. The molecule has 0 saturated heterocycles. The first-order valence-electron chi connectivity index (χ1n) is 17.5. The Kier molecular flexibility index (Phi) is 6.22. The number of para-hydroxylation sites is 3. The molecular weight excluding hydrogens is 653 g/mol. The Balaban J connectivity index is 1.24. The summed E-state index contributed by atoms with van der Waals surface area (Å²) in [5.74, 6) is 0.478. The molecular formula is C47H26N4O2. The minimum Gasteiger partial charge on any atom is -0.456 e. The van der Waals surface area contributed by atoms with Crippen LogP contribution < -0.4 is 0 Å². The van der Waals surface area contributed by atoms with Crippen molar-refractivity contribution in [2.75, 3.05) is 0 Å². The lowest BCUT2D eigenvalue weighted by molar-refractivity contribution is 0.669. The predicted molar refractivity (Wildman–Crippen MR) is 212 cm³/mol. The van der Waals surface area contributed by atoms with E-state index in [1.807, 2.05) is 91.0 Å². The second kappa shape index (κ2) is 11.3. The lowest BCUT2D eigenvalue weighted by Gasteiger charge is -2.14. The van der Waals surface area contributed by atoms with Crippen molar-refractivity contribution in [1.82, 2.24) is 14.5 Å². The molecule has 0 spiro atoms. The van der Waals surface area contributed by atoms with E-state index in [9.17, 15) is 5.26 Å². The molecule has 0 unspecified atom stereocenters. The topological polar surface area (TPSA) is 80.8 Å². The fourth-order valence-electron chi connectivity index (χ4n) is 7.92. The maximum Gasteiger partial charge on any atom is 0.164 e. The highest BCUT2D eigenvalue weighted by Crippen LogP contribution is 2.44. The van der Waals surface area contributed by atoms with Crippen molar-refractivity contribution in [1.29, 1.82) is 5.26 Å². The third-order valence-electron chi connectivity index (χ3n) is 10.3. The number of nitrogens with zero attached hydrogens (tertiary/aromatic N) is 4. The lowest BCUT2D eigenvalue weighted by atomic mass is 9.99. The number of benzene rings is 7. The zero-order valence-corrected chi connectivity index (χ0v) is 28.1. The van der Waals surface area contributed by atoms with Crippen LogP contribution in [0.15, 0.2) is 167 Å². The van der Waals surface area contributed by atoms with Gasteiger partial charge in [0.1, 0.15) is 34.0 Å². The first-order valence-corrected chi connectivity index (χ1v) is 17.5. The van der Waals surface area contributed by atoms with E-state index in [4.69, 9.17) is 18.8 Å². The predicted octanol–water partition coefficient (Wildman–Crippen LogP) is 12.2. The molecule has 4 aromatic heterocycles. The molecule has 0 atom stereocenters. The van der Waals surface area contributed by atoms with Gasteiger partial charge in [0.15, 0.2) is 5.82 Å². The Morgan fingerprint density at radius 2 is 1.09 bits per heavy atom. The Morgan fingerprint density at radius 3 is 1.79 bits per heavy atom. The van der Waals surface area contributed by atoms with E-state index in [1.54, 1.807) is 0 Å². The Bertz CT molecular complexity index is 3230. The van der Waals surface area contributed by atoms with Crippen LogP contribution >= 0.6 is 0 Å². The van der Waals surface area contributed by atoms with E-state index in [1.165, 1.54) is 0 Å². The van der Waals surface area contributed by atoms with Crippen LogP contribution in [0.5, 0.6) is 0 Å². The summed E-state index contributed by atoms with van der Waals surface area (Å²) < 4.78 is 15.5. The molecule has 0 bridgehead atoms. The van der Waals surface area contributed by atoms with Crippen molar-refractivity contribution in [3.63, 3.8) is 0 Å². The van der Waals surface area contributed by atoms with E-state index >= 15 is 0 Å². The third kappa shape index (κ3) is 4.32.